The molecule has 0 radical (unpaired) electrons. The Kier molecular flexibility index (Phi) is 2.13. The third kappa shape index (κ3) is 1.50. The van der Waals surface area contributed by atoms with E-state index in [2.05, 4.69) is 41.3 Å². The van der Waals surface area contributed by atoms with Crippen LogP contribution in [0.1, 0.15) is 12.8 Å². The second-order valence-electron chi connectivity index (χ2n) is 4.08. The smallest absolute Gasteiger partial charge is 0.115 e. The molecule has 2 nitrogen and oxygen atoms in total. The summed E-state index contributed by atoms with van der Waals surface area (Å²) in [6, 6.07) is 11.1. The van der Waals surface area contributed by atoms with E-state index in [0.29, 0.717) is 6.04 Å². The van der Waals surface area contributed by atoms with E-state index in [1.165, 1.54) is 11.4 Å². The van der Waals surface area contributed by atoms with Gasteiger partial charge < -0.3 is 9.64 Å². The van der Waals surface area contributed by atoms with E-state index in [4.69, 9.17) is 4.74 Å². The Morgan fingerprint density at radius 1 is 1.20 bits per heavy atom. The Labute approximate surface area is 90.2 Å². The summed E-state index contributed by atoms with van der Waals surface area (Å²) < 4.78 is 5.63. The van der Waals surface area contributed by atoms with Gasteiger partial charge in [0.2, 0.25) is 0 Å². The topological polar surface area (TPSA) is 12.5 Å². The zero-order valence-corrected chi connectivity index (χ0v) is 8.73. The second kappa shape index (κ2) is 3.61. The van der Waals surface area contributed by atoms with Crippen LogP contribution in [-0.4, -0.2) is 19.2 Å². The first-order valence-corrected chi connectivity index (χ1v) is 5.60. The summed E-state index contributed by atoms with van der Waals surface area (Å²) in [6.45, 7) is 1.99. The summed E-state index contributed by atoms with van der Waals surface area (Å²) in [6.07, 6.45) is 4.47. The molecule has 0 amide bonds. The Bertz CT molecular complexity index is 371. The Balaban J connectivity index is 1.91. The number of anilines is 1. The van der Waals surface area contributed by atoms with Crippen molar-refractivity contribution in [3.05, 3.63) is 42.2 Å². The highest BCUT2D eigenvalue weighted by atomic mass is 16.5. The summed E-state index contributed by atoms with van der Waals surface area (Å²) in [5, 5.41) is 0. The molecule has 1 saturated heterocycles. The van der Waals surface area contributed by atoms with E-state index in [9.17, 15) is 0 Å². The average Bonchev–Trinajstić information content (AvgIpc) is 2.78. The number of nitrogens with zero attached hydrogens (tertiary/aromatic N) is 1. The van der Waals surface area contributed by atoms with Gasteiger partial charge in [0, 0.05) is 18.7 Å². The Hall–Kier alpha value is -1.44. The number of hydrogen-bond acceptors (Lipinski definition) is 2. The highest BCUT2D eigenvalue weighted by molar-refractivity contribution is 5.50. The summed E-state index contributed by atoms with van der Waals surface area (Å²) in [5.41, 5.74) is 1.32. The van der Waals surface area contributed by atoms with Gasteiger partial charge in [-0.2, -0.15) is 0 Å². The minimum absolute atomic E-state index is 0.487. The number of ether oxygens (including phenoxy) is 1. The molecule has 0 saturated carbocycles. The lowest BCUT2D eigenvalue weighted by Gasteiger charge is -2.33. The van der Waals surface area contributed by atoms with Crippen LogP contribution in [0.2, 0.25) is 0 Å². The van der Waals surface area contributed by atoms with Crippen LogP contribution in [0, 0.1) is 0 Å². The summed E-state index contributed by atoms with van der Waals surface area (Å²) in [4.78, 5) is 2.46. The maximum absolute atomic E-state index is 5.63. The molecule has 1 aromatic rings. The van der Waals surface area contributed by atoms with Crippen molar-refractivity contribution in [2.45, 2.75) is 18.9 Å². The third-order valence-electron chi connectivity index (χ3n) is 3.17. The van der Waals surface area contributed by atoms with Gasteiger partial charge in [0.25, 0.3) is 0 Å². The largest absolute Gasteiger partial charge is 0.496 e. The fourth-order valence-corrected chi connectivity index (χ4v) is 2.46. The first kappa shape index (κ1) is 8.84. The van der Waals surface area contributed by atoms with Gasteiger partial charge in [-0.3, -0.25) is 0 Å². The van der Waals surface area contributed by atoms with Crippen molar-refractivity contribution < 1.29 is 4.74 Å². The molecule has 1 fully saturated rings. The number of fused-ring (bicyclic) bond motifs is 1. The van der Waals surface area contributed by atoms with Crippen LogP contribution in [-0.2, 0) is 4.74 Å². The summed E-state index contributed by atoms with van der Waals surface area (Å²) in [7, 11) is 0. The Morgan fingerprint density at radius 2 is 2.07 bits per heavy atom. The normalized spacial score (nSPS) is 24.4. The van der Waals surface area contributed by atoms with Gasteiger partial charge in [-0.25, -0.2) is 0 Å². The minimum Gasteiger partial charge on any atom is -0.496 e. The molecule has 0 bridgehead atoms. The number of benzene rings is 1. The van der Waals surface area contributed by atoms with Gasteiger partial charge in [0.15, 0.2) is 0 Å². The van der Waals surface area contributed by atoms with Gasteiger partial charge in [-0.05, 0) is 24.6 Å². The third-order valence-corrected chi connectivity index (χ3v) is 3.17. The molecule has 2 heterocycles. The highest BCUT2D eigenvalue weighted by Gasteiger charge is 2.31. The lowest BCUT2D eigenvalue weighted by molar-refractivity contribution is 0.258. The molecule has 0 aliphatic carbocycles. The van der Waals surface area contributed by atoms with E-state index in [1.54, 1.807) is 0 Å². The molecular formula is C13H15NO. The molecule has 2 heteroatoms. The second-order valence-corrected chi connectivity index (χ2v) is 4.08. The van der Waals surface area contributed by atoms with Crippen molar-refractivity contribution in [1.82, 2.24) is 0 Å². The van der Waals surface area contributed by atoms with E-state index < -0.39 is 0 Å². The van der Waals surface area contributed by atoms with Crippen molar-refractivity contribution >= 4 is 5.69 Å². The summed E-state index contributed by atoms with van der Waals surface area (Å²) in [5.74, 6) is 1.19. The number of para-hydroxylation sites is 1. The zero-order chi connectivity index (χ0) is 10.1. The molecule has 2 aliphatic rings. The first-order chi connectivity index (χ1) is 7.45. The first-order valence-electron chi connectivity index (χ1n) is 5.60. The Morgan fingerprint density at radius 3 is 2.93 bits per heavy atom. The number of hydrogen-bond donors (Lipinski definition) is 0. The van der Waals surface area contributed by atoms with Crippen molar-refractivity contribution in [3.8, 4) is 0 Å². The molecule has 1 unspecified atom stereocenters. The van der Waals surface area contributed by atoms with Crippen LogP contribution in [0.5, 0.6) is 0 Å². The standard InChI is InChI=1S/C13H15NO/c1-2-5-11(6-3-1)14-9-4-7-13-12(14)8-10-15-13/h1-3,5-7,12H,4,8-10H2. The molecule has 0 N–H and O–H groups in total. The predicted octanol–water partition coefficient (Wildman–Crippen LogP) is 2.57. The van der Waals surface area contributed by atoms with Gasteiger partial charge in [-0.1, -0.05) is 18.2 Å². The van der Waals surface area contributed by atoms with E-state index >= 15 is 0 Å². The van der Waals surface area contributed by atoms with Crippen LogP contribution in [0.15, 0.2) is 42.2 Å². The zero-order valence-electron chi connectivity index (χ0n) is 8.73. The molecule has 1 atom stereocenters. The highest BCUT2D eigenvalue weighted by Crippen LogP contribution is 2.31. The molecule has 2 aliphatic heterocycles. The van der Waals surface area contributed by atoms with Crippen LogP contribution in [0.3, 0.4) is 0 Å². The predicted molar refractivity (Wildman–Crippen MR) is 60.8 cm³/mol. The van der Waals surface area contributed by atoms with E-state index in [0.717, 1.165) is 26.0 Å². The lowest BCUT2D eigenvalue weighted by atomic mass is 10.1. The van der Waals surface area contributed by atoms with Crippen molar-refractivity contribution in [2.75, 3.05) is 18.1 Å². The monoisotopic (exact) mass is 201 g/mol. The minimum atomic E-state index is 0.487. The maximum Gasteiger partial charge on any atom is 0.115 e. The van der Waals surface area contributed by atoms with Crippen molar-refractivity contribution in [2.24, 2.45) is 0 Å². The molecule has 3 rings (SSSR count). The van der Waals surface area contributed by atoms with Gasteiger partial charge in [0.05, 0.1) is 12.6 Å². The van der Waals surface area contributed by atoms with Crippen molar-refractivity contribution in [3.63, 3.8) is 0 Å². The summed E-state index contributed by atoms with van der Waals surface area (Å²) >= 11 is 0. The van der Waals surface area contributed by atoms with Crippen LogP contribution >= 0.6 is 0 Å². The van der Waals surface area contributed by atoms with E-state index in [-0.39, 0.29) is 0 Å². The fourth-order valence-electron chi connectivity index (χ4n) is 2.46. The average molecular weight is 201 g/mol. The van der Waals surface area contributed by atoms with Gasteiger partial charge >= 0.3 is 0 Å². The quantitative estimate of drug-likeness (QED) is 0.692. The maximum atomic E-state index is 5.63. The van der Waals surface area contributed by atoms with Gasteiger partial charge in [0.1, 0.15) is 5.76 Å². The molecule has 1 aromatic carbocycles. The van der Waals surface area contributed by atoms with Crippen molar-refractivity contribution in [1.29, 1.82) is 0 Å². The van der Waals surface area contributed by atoms with E-state index in [1.807, 2.05) is 0 Å². The van der Waals surface area contributed by atoms with Gasteiger partial charge in [-0.15, -0.1) is 0 Å². The molecule has 0 spiro atoms. The molecular weight excluding hydrogens is 186 g/mol. The molecule has 15 heavy (non-hydrogen) atoms. The van der Waals surface area contributed by atoms with Crippen LogP contribution in [0.25, 0.3) is 0 Å². The van der Waals surface area contributed by atoms with Crippen LogP contribution in [0.4, 0.5) is 5.69 Å². The SMILES string of the molecule is C1=C2OCCC2N(c2ccccc2)CC1. The van der Waals surface area contributed by atoms with Crippen LogP contribution < -0.4 is 4.90 Å². The number of rotatable bonds is 1. The lowest BCUT2D eigenvalue weighted by Crippen LogP contribution is -2.37. The molecule has 0 aromatic heterocycles. The fraction of sp³-hybridized carbons (Fsp3) is 0.385. The molecule has 78 valence electrons.